The zero-order valence-corrected chi connectivity index (χ0v) is 23.8. The smallest absolute Gasteiger partial charge is 0.159 e. The quantitative estimate of drug-likeness (QED) is 0.468. The number of hydrogen-bond acceptors (Lipinski definition) is 3. The lowest BCUT2D eigenvalue weighted by atomic mass is 9.70. The first-order valence-corrected chi connectivity index (χ1v) is 13.9. The van der Waals surface area contributed by atoms with Crippen molar-refractivity contribution in [2.24, 2.45) is 22.7 Å². The molecule has 1 N–H and O–H groups in total. The highest BCUT2D eigenvalue weighted by Crippen LogP contribution is 2.71. The van der Waals surface area contributed by atoms with Crippen molar-refractivity contribution in [3.05, 3.63) is 64.7 Å². The Morgan fingerprint density at radius 1 is 0.917 bits per heavy atom. The SMILES string of the molecule is CC(C)(C)c1cc(C(O[C@H]2C[C@@H]3[C@H]4CC[C@@](C)([C@@H]3O2)C4(C)C)c2ccccc2)cc(C(C)(C)C)c1O. The molecular weight excluding hydrogens is 444 g/mol. The fraction of sp³-hybridized carbons (Fsp3) is 0.636. The molecule has 0 aromatic heterocycles. The monoisotopic (exact) mass is 490 g/mol. The van der Waals surface area contributed by atoms with Gasteiger partial charge in [0.25, 0.3) is 0 Å². The van der Waals surface area contributed by atoms with Crippen LogP contribution in [0.5, 0.6) is 5.75 Å². The first-order chi connectivity index (χ1) is 16.6. The molecule has 3 heteroatoms. The average Bonchev–Trinajstić information content (AvgIpc) is 3.35. The van der Waals surface area contributed by atoms with Crippen molar-refractivity contribution in [1.82, 2.24) is 0 Å². The van der Waals surface area contributed by atoms with Crippen LogP contribution in [0.25, 0.3) is 0 Å². The summed E-state index contributed by atoms with van der Waals surface area (Å²) in [5, 5.41) is 11.3. The van der Waals surface area contributed by atoms with Gasteiger partial charge in [0.1, 0.15) is 11.9 Å². The molecule has 36 heavy (non-hydrogen) atoms. The van der Waals surface area contributed by atoms with E-state index in [0.717, 1.165) is 28.7 Å². The van der Waals surface area contributed by atoms with E-state index in [9.17, 15) is 5.11 Å². The highest BCUT2D eigenvalue weighted by Gasteiger charge is 2.69. The number of fused-ring (bicyclic) bond motifs is 5. The van der Waals surface area contributed by atoms with Crippen molar-refractivity contribution < 1.29 is 14.6 Å². The topological polar surface area (TPSA) is 38.7 Å². The Bertz CT molecular complexity index is 1080. The molecule has 5 rings (SSSR count). The Labute approximate surface area is 218 Å². The first kappa shape index (κ1) is 25.8. The second kappa shape index (κ2) is 8.33. The van der Waals surface area contributed by atoms with Gasteiger partial charge in [0.2, 0.25) is 0 Å². The fourth-order valence-electron chi connectivity index (χ4n) is 7.65. The van der Waals surface area contributed by atoms with E-state index in [1.165, 1.54) is 12.8 Å². The van der Waals surface area contributed by atoms with Crippen LogP contribution in [0, 0.1) is 22.7 Å². The van der Waals surface area contributed by atoms with E-state index in [1.807, 2.05) is 0 Å². The first-order valence-electron chi connectivity index (χ1n) is 13.9. The van der Waals surface area contributed by atoms with Crippen LogP contribution in [-0.2, 0) is 20.3 Å². The van der Waals surface area contributed by atoms with Gasteiger partial charge in [-0.15, -0.1) is 0 Å². The number of phenols is 1. The van der Waals surface area contributed by atoms with Crippen LogP contribution < -0.4 is 0 Å². The third kappa shape index (κ3) is 3.93. The second-order valence-electron chi connectivity index (χ2n) is 14.6. The van der Waals surface area contributed by atoms with E-state index in [-0.39, 0.29) is 34.7 Å². The van der Waals surface area contributed by atoms with Gasteiger partial charge in [-0.1, -0.05) is 92.6 Å². The lowest BCUT2D eigenvalue weighted by Crippen LogP contribution is -2.38. The highest BCUT2D eigenvalue weighted by atomic mass is 16.7. The summed E-state index contributed by atoms with van der Waals surface area (Å²) in [5.41, 5.74) is 4.30. The van der Waals surface area contributed by atoms with Gasteiger partial charge in [-0.3, -0.25) is 0 Å². The molecule has 2 bridgehead atoms. The van der Waals surface area contributed by atoms with E-state index in [1.54, 1.807) is 0 Å². The van der Waals surface area contributed by atoms with Gasteiger partial charge in [-0.05, 0) is 80.7 Å². The number of aromatic hydroxyl groups is 1. The molecule has 3 nitrogen and oxygen atoms in total. The molecule has 2 aromatic rings. The Kier molecular flexibility index (Phi) is 5.97. The Hall–Kier alpha value is -1.84. The van der Waals surface area contributed by atoms with Gasteiger partial charge in [-0.2, -0.15) is 0 Å². The maximum atomic E-state index is 11.3. The van der Waals surface area contributed by atoms with Gasteiger partial charge in [0.15, 0.2) is 6.29 Å². The van der Waals surface area contributed by atoms with Crippen LogP contribution in [0.4, 0.5) is 0 Å². The van der Waals surface area contributed by atoms with Gasteiger partial charge in [0.05, 0.1) is 6.10 Å². The highest BCUT2D eigenvalue weighted by molar-refractivity contribution is 5.51. The third-order valence-electron chi connectivity index (χ3n) is 10.1. The van der Waals surface area contributed by atoms with Crippen molar-refractivity contribution in [2.45, 2.75) is 111 Å². The van der Waals surface area contributed by atoms with Crippen molar-refractivity contribution in [3.63, 3.8) is 0 Å². The molecule has 0 amide bonds. The van der Waals surface area contributed by atoms with Crippen molar-refractivity contribution in [3.8, 4) is 5.75 Å². The summed E-state index contributed by atoms with van der Waals surface area (Å²) < 4.78 is 13.7. The predicted octanol–water partition coefficient (Wildman–Crippen LogP) is 8.28. The van der Waals surface area contributed by atoms with Crippen LogP contribution in [0.2, 0.25) is 0 Å². The molecule has 2 saturated carbocycles. The van der Waals surface area contributed by atoms with E-state index in [4.69, 9.17) is 9.47 Å². The van der Waals surface area contributed by atoms with Crippen LogP contribution >= 0.6 is 0 Å². The van der Waals surface area contributed by atoms with Crippen molar-refractivity contribution in [2.75, 3.05) is 0 Å². The lowest BCUT2D eigenvalue weighted by molar-refractivity contribution is -0.180. The molecule has 0 spiro atoms. The molecule has 3 fully saturated rings. The van der Waals surface area contributed by atoms with Gasteiger partial charge in [-0.25, -0.2) is 0 Å². The largest absolute Gasteiger partial charge is 0.507 e. The molecule has 2 aromatic carbocycles. The number of benzene rings is 2. The normalized spacial score (nSPS) is 32.0. The summed E-state index contributed by atoms with van der Waals surface area (Å²) >= 11 is 0. The molecule has 1 heterocycles. The molecule has 0 radical (unpaired) electrons. The molecule has 1 saturated heterocycles. The number of rotatable bonds is 4. The van der Waals surface area contributed by atoms with Gasteiger partial charge >= 0.3 is 0 Å². The van der Waals surface area contributed by atoms with Crippen LogP contribution in [0.15, 0.2) is 42.5 Å². The fourth-order valence-corrected chi connectivity index (χ4v) is 7.65. The summed E-state index contributed by atoms with van der Waals surface area (Å²) in [7, 11) is 0. The molecule has 196 valence electrons. The van der Waals surface area contributed by atoms with Crippen molar-refractivity contribution >= 4 is 0 Å². The molecule has 1 unspecified atom stereocenters. The third-order valence-corrected chi connectivity index (χ3v) is 10.1. The summed E-state index contributed by atoms with van der Waals surface area (Å²) in [6, 6.07) is 14.8. The van der Waals surface area contributed by atoms with E-state index in [0.29, 0.717) is 23.0 Å². The minimum Gasteiger partial charge on any atom is -0.507 e. The molecular formula is C33H46O3. The summed E-state index contributed by atoms with van der Waals surface area (Å²) in [4.78, 5) is 0. The number of phenolic OH excluding ortho intramolecular Hbond substituents is 1. The molecule has 6 atom stereocenters. The maximum Gasteiger partial charge on any atom is 0.159 e. The Morgan fingerprint density at radius 2 is 1.50 bits per heavy atom. The van der Waals surface area contributed by atoms with Gasteiger partial charge < -0.3 is 14.6 Å². The maximum absolute atomic E-state index is 11.3. The van der Waals surface area contributed by atoms with E-state index in [2.05, 4.69) is 105 Å². The average molecular weight is 491 g/mol. The number of hydrogen-bond donors (Lipinski definition) is 1. The Morgan fingerprint density at radius 3 is 2.03 bits per heavy atom. The lowest BCUT2D eigenvalue weighted by Gasteiger charge is -2.39. The predicted molar refractivity (Wildman–Crippen MR) is 146 cm³/mol. The Balaban J connectivity index is 1.53. The van der Waals surface area contributed by atoms with Crippen LogP contribution in [-0.4, -0.2) is 17.5 Å². The minimum absolute atomic E-state index is 0.193. The summed E-state index contributed by atoms with van der Waals surface area (Å²) in [6.45, 7) is 20.3. The molecule has 3 aliphatic rings. The zero-order chi connectivity index (χ0) is 26.3. The van der Waals surface area contributed by atoms with E-state index >= 15 is 0 Å². The van der Waals surface area contributed by atoms with Gasteiger partial charge in [0, 0.05) is 6.42 Å². The molecule has 2 aliphatic carbocycles. The standard InChI is InChI=1S/C33H46O3/c1-30(2,3)24-17-21(18-25(27(24)34)31(4,5)6)28(20-13-11-10-12-14-20)35-26-19-22-23-15-16-33(9,29(22)36-26)32(23,7)8/h10-14,17-18,22-23,26,28-29,34H,15-16,19H2,1-9H3/t22-,23-,26-,28?,29-,33+/m1/s1. The van der Waals surface area contributed by atoms with Crippen LogP contribution in [0.1, 0.15) is 110 Å². The minimum atomic E-state index is -0.253. The van der Waals surface area contributed by atoms with Crippen LogP contribution in [0.3, 0.4) is 0 Å². The zero-order valence-electron chi connectivity index (χ0n) is 23.8. The second-order valence-corrected chi connectivity index (χ2v) is 14.6. The summed E-state index contributed by atoms with van der Waals surface area (Å²) in [5.74, 6) is 1.70. The number of ether oxygens (including phenoxy) is 2. The summed E-state index contributed by atoms with van der Waals surface area (Å²) in [6.07, 6.45) is 3.34. The van der Waals surface area contributed by atoms with Crippen molar-refractivity contribution in [1.29, 1.82) is 0 Å². The van der Waals surface area contributed by atoms with E-state index < -0.39 is 0 Å². The molecule has 1 aliphatic heterocycles.